The van der Waals surface area contributed by atoms with Crippen molar-refractivity contribution in [3.05, 3.63) is 0 Å². The van der Waals surface area contributed by atoms with E-state index in [0.717, 1.165) is 12.8 Å². The van der Waals surface area contributed by atoms with Crippen molar-refractivity contribution in [3.63, 3.8) is 0 Å². The molecule has 0 heterocycles. The second-order valence-electron chi connectivity index (χ2n) is 4.83. The van der Waals surface area contributed by atoms with E-state index in [1.54, 1.807) is 0 Å². The minimum Gasteiger partial charge on any atom is -0.480 e. The zero-order valence-corrected chi connectivity index (χ0v) is 11.1. The number of aliphatic carboxylic acids is 1. The molecule has 0 aliphatic carbocycles. The first-order valence-electron chi connectivity index (χ1n) is 6.16. The minimum absolute atomic E-state index is 0.0634. The van der Waals surface area contributed by atoms with Crippen LogP contribution in [0.3, 0.4) is 0 Å². The summed E-state index contributed by atoms with van der Waals surface area (Å²) in [7, 11) is 0. The minimum atomic E-state index is -0.989. The van der Waals surface area contributed by atoms with Crippen molar-refractivity contribution >= 4 is 12.0 Å². The first kappa shape index (κ1) is 15.7. The molecule has 100 valence electrons. The third kappa shape index (κ3) is 7.60. The van der Waals surface area contributed by atoms with Gasteiger partial charge in [-0.25, -0.2) is 9.59 Å². The number of hydrogen-bond acceptors (Lipinski definition) is 2. The molecule has 0 fully saturated rings. The molecule has 0 aromatic rings. The van der Waals surface area contributed by atoms with Crippen LogP contribution < -0.4 is 10.6 Å². The lowest BCUT2D eigenvalue weighted by Gasteiger charge is -2.19. The Labute approximate surface area is 103 Å². The van der Waals surface area contributed by atoms with Crippen molar-refractivity contribution in [3.8, 4) is 0 Å². The van der Waals surface area contributed by atoms with Crippen LogP contribution in [0.1, 0.15) is 47.0 Å². The van der Waals surface area contributed by atoms with Gasteiger partial charge in [0, 0.05) is 6.04 Å². The second-order valence-corrected chi connectivity index (χ2v) is 4.83. The topological polar surface area (TPSA) is 78.4 Å². The molecule has 17 heavy (non-hydrogen) atoms. The molecule has 5 heteroatoms. The molecule has 0 aliphatic rings. The Bertz CT molecular complexity index is 254. The zero-order chi connectivity index (χ0) is 13.4. The summed E-state index contributed by atoms with van der Waals surface area (Å²) in [4.78, 5) is 22.5. The van der Waals surface area contributed by atoms with Gasteiger partial charge in [0.1, 0.15) is 6.04 Å². The van der Waals surface area contributed by atoms with E-state index in [0.29, 0.717) is 6.42 Å². The SMILES string of the molecule is CCCC(C)NC(=O)N[C@H](CC(C)C)C(=O)O. The third-order valence-electron chi connectivity index (χ3n) is 2.41. The fourth-order valence-electron chi connectivity index (χ4n) is 1.62. The molecule has 0 rings (SSSR count). The summed E-state index contributed by atoms with van der Waals surface area (Å²) in [6.07, 6.45) is 2.30. The van der Waals surface area contributed by atoms with Crippen LogP contribution in [0.4, 0.5) is 4.79 Å². The molecule has 1 unspecified atom stereocenters. The number of hydrogen-bond donors (Lipinski definition) is 3. The number of urea groups is 1. The standard InChI is InChI=1S/C12H24N2O3/c1-5-6-9(4)13-12(17)14-10(11(15)16)7-8(2)3/h8-10H,5-7H2,1-4H3,(H,15,16)(H2,13,14,17)/t9?,10-/m1/s1. The van der Waals surface area contributed by atoms with Gasteiger partial charge < -0.3 is 15.7 Å². The van der Waals surface area contributed by atoms with Gasteiger partial charge in [0.25, 0.3) is 0 Å². The summed E-state index contributed by atoms with van der Waals surface area (Å²) in [5, 5.41) is 14.2. The van der Waals surface area contributed by atoms with E-state index in [2.05, 4.69) is 10.6 Å². The molecule has 3 N–H and O–H groups in total. The Kier molecular flexibility index (Phi) is 7.34. The van der Waals surface area contributed by atoms with Crippen LogP contribution in [0.15, 0.2) is 0 Å². The molecule has 0 radical (unpaired) electrons. The maximum absolute atomic E-state index is 11.5. The summed E-state index contributed by atoms with van der Waals surface area (Å²) >= 11 is 0. The fourth-order valence-corrected chi connectivity index (χ4v) is 1.62. The molecule has 0 aromatic heterocycles. The van der Waals surface area contributed by atoms with E-state index in [-0.39, 0.29) is 12.0 Å². The van der Waals surface area contributed by atoms with Crippen LogP contribution in [0, 0.1) is 5.92 Å². The predicted molar refractivity (Wildman–Crippen MR) is 66.9 cm³/mol. The van der Waals surface area contributed by atoms with Gasteiger partial charge in [-0.1, -0.05) is 27.2 Å². The van der Waals surface area contributed by atoms with Gasteiger partial charge in [-0.3, -0.25) is 0 Å². The van der Waals surface area contributed by atoms with Crippen molar-refractivity contribution in [2.75, 3.05) is 0 Å². The molecule has 0 saturated heterocycles. The Morgan fingerprint density at radius 1 is 1.18 bits per heavy atom. The summed E-state index contributed by atoms with van der Waals surface area (Å²) < 4.78 is 0. The molecule has 2 amide bonds. The van der Waals surface area contributed by atoms with Crippen molar-refractivity contribution in [1.29, 1.82) is 0 Å². The normalized spacial score (nSPS) is 14.2. The van der Waals surface area contributed by atoms with Crippen molar-refractivity contribution in [1.82, 2.24) is 10.6 Å². The molecular formula is C12H24N2O3. The van der Waals surface area contributed by atoms with Crippen molar-refractivity contribution in [2.24, 2.45) is 5.92 Å². The van der Waals surface area contributed by atoms with Gasteiger partial charge >= 0.3 is 12.0 Å². The van der Waals surface area contributed by atoms with E-state index in [1.165, 1.54) is 0 Å². The largest absolute Gasteiger partial charge is 0.480 e. The third-order valence-corrected chi connectivity index (χ3v) is 2.41. The van der Waals surface area contributed by atoms with Gasteiger partial charge in [-0.2, -0.15) is 0 Å². The highest BCUT2D eigenvalue weighted by molar-refractivity contribution is 5.82. The number of carboxylic acids is 1. The molecule has 0 aromatic carbocycles. The Morgan fingerprint density at radius 3 is 2.18 bits per heavy atom. The molecule has 0 saturated carbocycles. The molecule has 2 atom stereocenters. The summed E-state index contributed by atoms with van der Waals surface area (Å²) in [6.45, 7) is 7.79. The number of rotatable bonds is 7. The van der Waals surface area contributed by atoms with Crippen LogP contribution in [-0.4, -0.2) is 29.2 Å². The van der Waals surface area contributed by atoms with E-state index in [9.17, 15) is 9.59 Å². The quantitative estimate of drug-likeness (QED) is 0.640. The molecule has 0 spiro atoms. The van der Waals surface area contributed by atoms with E-state index < -0.39 is 18.0 Å². The number of nitrogens with one attached hydrogen (secondary N) is 2. The summed E-state index contributed by atoms with van der Waals surface area (Å²) in [6, 6.07) is -1.16. The smallest absolute Gasteiger partial charge is 0.326 e. The highest BCUT2D eigenvalue weighted by atomic mass is 16.4. The van der Waals surface area contributed by atoms with E-state index >= 15 is 0 Å². The van der Waals surface area contributed by atoms with Crippen LogP contribution in [0.25, 0.3) is 0 Å². The maximum Gasteiger partial charge on any atom is 0.326 e. The summed E-state index contributed by atoms with van der Waals surface area (Å²) in [5.74, 6) is -0.763. The first-order chi connectivity index (χ1) is 7.86. The number of carbonyl (C=O) groups is 2. The number of carbonyl (C=O) groups excluding carboxylic acids is 1. The molecule has 5 nitrogen and oxygen atoms in total. The lowest BCUT2D eigenvalue weighted by molar-refractivity contribution is -0.139. The van der Waals surface area contributed by atoms with Gasteiger partial charge in [0.05, 0.1) is 0 Å². The monoisotopic (exact) mass is 244 g/mol. The summed E-state index contributed by atoms with van der Waals surface area (Å²) in [5.41, 5.74) is 0. The zero-order valence-electron chi connectivity index (χ0n) is 11.1. The van der Waals surface area contributed by atoms with E-state index in [1.807, 2.05) is 27.7 Å². The Hall–Kier alpha value is -1.26. The predicted octanol–water partition coefficient (Wildman–Crippen LogP) is 1.97. The van der Waals surface area contributed by atoms with Crippen LogP contribution >= 0.6 is 0 Å². The van der Waals surface area contributed by atoms with Crippen molar-refractivity contribution in [2.45, 2.75) is 59.0 Å². The molecular weight excluding hydrogens is 220 g/mol. The van der Waals surface area contributed by atoms with Gasteiger partial charge in [-0.15, -0.1) is 0 Å². The van der Waals surface area contributed by atoms with Gasteiger partial charge in [-0.05, 0) is 25.7 Å². The Balaban J connectivity index is 4.17. The average molecular weight is 244 g/mol. The lowest BCUT2D eigenvalue weighted by atomic mass is 10.0. The number of amides is 2. The van der Waals surface area contributed by atoms with Gasteiger partial charge in [0.2, 0.25) is 0 Å². The van der Waals surface area contributed by atoms with Crippen LogP contribution in [0.2, 0.25) is 0 Å². The molecule has 0 aliphatic heterocycles. The highest BCUT2D eigenvalue weighted by Gasteiger charge is 2.21. The molecule has 0 bridgehead atoms. The second kappa shape index (κ2) is 7.92. The highest BCUT2D eigenvalue weighted by Crippen LogP contribution is 2.05. The van der Waals surface area contributed by atoms with Gasteiger partial charge in [0.15, 0.2) is 0 Å². The Morgan fingerprint density at radius 2 is 1.76 bits per heavy atom. The average Bonchev–Trinajstić information content (AvgIpc) is 2.15. The number of carboxylic acid groups (broad SMARTS) is 1. The van der Waals surface area contributed by atoms with Crippen LogP contribution in [-0.2, 0) is 4.79 Å². The van der Waals surface area contributed by atoms with E-state index in [4.69, 9.17) is 5.11 Å². The lowest BCUT2D eigenvalue weighted by Crippen LogP contribution is -2.48. The first-order valence-corrected chi connectivity index (χ1v) is 6.16. The maximum atomic E-state index is 11.5. The van der Waals surface area contributed by atoms with Crippen molar-refractivity contribution < 1.29 is 14.7 Å². The fraction of sp³-hybridized carbons (Fsp3) is 0.833. The van der Waals surface area contributed by atoms with Crippen LogP contribution in [0.5, 0.6) is 0 Å².